The number of hydrogen-bond donors (Lipinski definition) is 2. The molecule has 0 saturated heterocycles. The number of rotatable bonds is 7. The average molecular weight is 448 g/mol. The van der Waals surface area contributed by atoms with Crippen molar-refractivity contribution in [2.24, 2.45) is 5.92 Å². The molecule has 1 atom stereocenters. The van der Waals surface area contributed by atoms with Gasteiger partial charge in [0.1, 0.15) is 0 Å². The van der Waals surface area contributed by atoms with Crippen molar-refractivity contribution in [3.63, 3.8) is 0 Å². The van der Waals surface area contributed by atoms with Crippen LogP contribution in [0.1, 0.15) is 44.4 Å². The number of hydrogen-bond acceptors (Lipinski definition) is 5. The molecule has 7 heteroatoms. The normalized spacial score (nSPS) is 15.5. The van der Waals surface area contributed by atoms with Gasteiger partial charge in [0, 0.05) is 17.1 Å². The number of nitrogens with one attached hydrogen (secondary N) is 2. The van der Waals surface area contributed by atoms with E-state index in [-0.39, 0.29) is 11.9 Å². The SMILES string of the molecule is CC1=C(C(=O)Nc2ccccc2)[C@H](CC(C)C)n2nc(SCc3ccccc3C)nc2N1. The highest BCUT2D eigenvalue weighted by molar-refractivity contribution is 7.98. The van der Waals surface area contributed by atoms with Gasteiger partial charge in [0.05, 0.1) is 11.6 Å². The quantitative estimate of drug-likeness (QED) is 0.448. The van der Waals surface area contributed by atoms with Crippen molar-refractivity contribution in [2.75, 3.05) is 10.6 Å². The molecule has 2 N–H and O–H groups in total. The number of thioether (sulfide) groups is 1. The second kappa shape index (κ2) is 9.61. The van der Waals surface area contributed by atoms with Crippen LogP contribution in [0.2, 0.25) is 0 Å². The molecule has 0 radical (unpaired) electrons. The maximum atomic E-state index is 13.3. The fraction of sp³-hybridized carbons (Fsp3) is 0.320. The maximum Gasteiger partial charge on any atom is 0.255 e. The van der Waals surface area contributed by atoms with Crippen LogP contribution in [-0.2, 0) is 10.5 Å². The smallest absolute Gasteiger partial charge is 0.255 e. The number of aryl methyl sites for hydroxylation is 1. The van der Waals surface area contributed by atoms with Gasteiger partial charge < -0.3 is 10.6 Å². The lowest BCUT2D eigenvalue weighted by atomic mass is 9.94. The van der Waals surface area contributed by atoms with Crippen LogP contribution >= 0.6 is 11.8 Å². The van der Waals surface area contributed by atoms with Crippen LogP contribution in [0.15, 0.2) is 71.0 Å². The molecule has 6 nitrogen and oxygen atoms in total. The first-order valence-electron chi connectivity index (χ1n) is 10.9. The fourth-order valence-corrected chi connectivity index (χ4v) is 4.80. The summed E-state index contributed by atoms with van der Waals surface area (Å²) in [5, 5.41) is 11.8. The molecule has 2 heterocycles. The number of para-hydroxylation sites is 1. The molecule has 1 aromatic heterocycles. The number of benzene rings is 2. The number of fused-ring (bicyclic) bond motifs is 1. The van der Waals surface area contributed by atoms with Crippen molar-refractivity contribution >= 4 is 29.3 Å². The van der Waals surface area contributed by atoms with E-state index < -0.39 is 0 Å². The Labute approximate surface area is 193 Å². The molecule has 0 spiro atoms. The van der Waals surface area contributed by atoms with Crippen molar-refractivity contribution in [3.8, 4) is 0 Å². The highest BCUT2D eigenvalue weighted by atomic mass is 32.2. The third-order valence-corrected chi connectivity index (χ3v) is 6.42. The summed E-state index contributed by atoms with van der Waals surface area (Å²) in [5.41, 5.74) is 4.83. The molecule has 166 valence electrons. The average Bonchev–Trinajstić information content (AvgIpc) is 3.16. The molecule has 3 aromatic rings. The van der Waals surface area contributed by atoms with Crippen LogP contribution in [0, 0.1) is 12.8 Å². The minimum Gasteiger partial charge on any atom is -0.328 e. The van der Waals surface area contributed by atoms with Gasteiger partial charge in [-0.15, -0.1) is 5.10 Å². The first kappa shape index (κ1) is 22.1. The van der Waals surface area contributed by atoms with Crippen LogP contribution in [0.5, 0.6) is 0 Å². The summed E-state index contributed by atoms with van der Waals surface area (Å²) in [6.45, 7) is 8.38. The van der Waals surface area contributed by atoms with Crippen molar-refractivity contribution in [1.82, 2.24) is 14.8 Å². The van der Waals surface area contributed by atoms with Crippen molar-refractivity contribution < 1.29 is 4.79 Å². The number of allylic oxidation sites excluding steroid dienone is 1. The first-order chi connectivity index (χ1) is 15.4. The summed E-state index contributed by atoms with van der Waals surface area (Å²) in [7, 11) is 0. The Bertz CT molecular complexity index is 1140. The van der Waals surface area contributed by atoms with Crippen LogP contribution < -0.4 is 10.6 Å². The number of anilines is 2. The monoisotopic (exact) mass is 447 g/mol. The van der Waals surface area contributed by atoms with Crippen molar-refractivity contribution in [1.29, 1.82) is 0 Å². The maximum absolute atomic E-state index is 13.3. The Balaban J connectivity index is 1.58. The van der Waals surface area contributed by atoms with Crippen molar-refractivity contribution in [2.45, 2.75) is 51.1 Å². The zero-order valence-corrected chi connectivity index (χ0v) is 19.7. The Hall–Kier alpha value is -3.06. The second-order valence-electron chi connectivity index (χ2n) is 8.51. The number of amides is 1. The number of nitrogens with zero attached hydrogens (tertiary/aromatic N) is 3. The van der Waals surface area contributed by atoms with Gasteiger partial charge in [0.25, 0.3) is 5.91 Å². The predicted octanol–water partition coefficient (Wildman–Crippen LogP) is 5.80. The number of carbonyl (C=O) groups excluding carboxylic acids is 1. The van der Waals surface area contributed by atoms with E-state index in [0.717, 1.165) is 23.6 Å². The van der Waals surface area contributed by atoms with Crippen molar-refractivity contribution in [3.05, 3.63) is 77.0 Å². The molecule has 2 aromatic carbocycles. The van der Waals surface area contributed by atoms with E-state index in [1.807, 2.05) is 48.0 Å². The van der Waals surface area contributed by atoms with Gasteiger partial charge in [-0.05, 0) is 49.4 Å². The Morgan fingerprint density at radius 1 is 1.12 bits per heavy atom. The van der Waals surface area contributed by atoms with Gasteiger partial charge in [-0.2, -0.15) is 4.98 Å². The minimum absolute atomic E-state index is 0.109. The lowest BCUT2D eigenvalue weighted by Crippen LogP contribution is -2.31. The third-order valence-electron chi connectivity index (χ3n) is 5.53. The van der Waals surface area contributed by atoms with E-state index in [9.17, 15) is 4.79 Å². The van der Waals surface area contributed by atoms with Gasteiger partial charge in [-0.3, -0.25) is 4.79 Å². The third kappa shape index (κ3) is 4.88. The van der Waals surface area contributed by atoms with E-state index >= 15 is 0 Å². The summed E-state index contributed by atoms with van der Waals surface area (Å²) in [4.78, 5) is 18.0. The second-order valence-corrected chi connectivity index (χ2v) is 9.45. The molecule has 1 aliphatic heterocycles. The van der Waals surface area contributed by atoms with Crippen LogP contribution in [-0.4, -0.2) is 20.7 Å². The first-order valence-corrected chi connectivity index (χ1v) is 11.9. The van der Waals surface area contributed by atoms with E-state index in [4.69, 9.17) is 10.1 Å². The predicted molar refractivity (Wildman–Crippen MR) is 131 cm³/mol. The standard InChI is InChI=1S/C25H29N5OS/c1-16(2)14-21-22(23(31)27-20-12-6-5-7-13-20)18(4)26-24-28-25(29-30(21)24)32-15-19-11-9-8-10-17(19)3/h5-13,16,21H,14-15H2,1-4H3,(H,27,31)(H,26,28,29)/t21-/m0/s1. The summed E-state index contributed by atoms with van der Waals surface area (Å²) in [5.74, 6) is 1.78. The van der Waals surface area contributed by atoms with E-state index in [0.29, 0.717) is 22.6 Å². The minimum atomic E-state index is -0.171. The van der Waals surface area contributed by atoms with Gasteiger partial charge in [0.15, 0.2) is 0 Å². The highest BCUT2D eigenvalue weighted by Crippen LogP contribution is 2.36. The van der Waals surface area contributed by atoms with Gasteiger partial charge in [-0.25, -0.2) is 4.68 Å². The molecule has 1 amide bonds. The zero-order chi connectivity index (χ0) is 22.7. The molecule has 1 aliphatic rings. The Morgan fingerprint density at radius 3 is 2.56 bits per heavy atom. The van der Waals surface area contributed by atoms with Gasteiger partial charge in [0.2, 0.25) is 11.1 Å². The lowest BCUT2D eigenvalue weighted by Gasteiger charge is -2.29. The topological polar surface area (TPSA) is 71.8 Å². The molecular weight excluding hydrogens is 418 g/mol. The molecular formula is C25H29N5OS. The number of aromatic nitrogens is 3. The Morgan fingerprint density at radius 2 is 1.84 bits per heavy atom. The molecule has 0 aliphatic carbocycles. The molecule has 0 fully saturated rings. The molecule has 0 saturated carbocycles. The molecule has 0 bridgehead atoms. The summed E-state index contributed by atoms with van der Waals surface area (Å²) in [6.07, 6.45) is 0.800. The van der Waals surface area contributed by atoms with E-state index in [2.05, 4.69) is 49.6 Å². The molecule has 32 heavy (non-hydrogen) atoms. The van der Waals surface area contributed by atoms with Crippen LogP contribution in [0.25, 0.3) is 0 Å². The fourth-order valence-electron chi connectivity index (χ4n) is 3.89. The molecule has 0 unspecified atom stereocenters. The zero-order valence-electron chi connectivity index (χ0n) is 18.9. The van der Waals surface area contributed by atoms with E-state index in [1.165, 1.54) is 11.1 Å². The van der Waals surface area contributed by atoms with Crippen LogP contribution in [0.4, 0.5) is 11.6 Å². The number of carbonyl (C=O) groups is 1. The van der Waals surface area contributed by atoms with Gasteiger partial charge >= 0.3 is 0 Å². The van der Waals surface area contributed by atoms with Gasteiger partial charge in [-0.1, -0.05) is 68.1 Å². The van der Waals surface area contributed by atoms with E-state index in [1.54, 1.807) is 11.8 Å². The molecule has 4 rings (SSSR count). The lowest BCUT2D eigenvalue weighted by molar-refractivity contribution is -0.113. The summed E-state index contributed by atoms with van der Waals surface area (Å²) in [6, 6.07) is 17.7. The Kier molecular flexibility index (Phi) is 6.65. The van der Waals surface area contributed by atoms with Crippen LogP contribution in [0.3, 0.4) is 0 Å². The largest absolute Gasteiger partial charge is 0.328 e. The highest BCUT2D eigenvalue weighted by Gasteiger charge is 2.33. The summed E-state index contributed by atoms with van der Waals surface area (Å²) >= 11 is 1.61. The summed E-state index contributed by atoms with van der Waals surface area (Å²) < 4.78 is 1.88.